The van der Waals surface area contributed by atoms with E-state index in [-0.39, 0.29) is 24.2 Å². The van der Waals surface area contributed by atoms with E-state index in [0.29, 0.717) is 38.9 Å². The van der Waals surface area contributed by atoms with Crippen molar-refractivity contribution in [2.24, 2.45) is 5.92 Å². The molecule has 3 heterocycles. The molecule has 1 unspecified atom stereocenters. The predicted molar refractivity (Wildman–Crippen MR) is 83.4 cm³/mol. The smallest absolute Gasteiger partial charge is 0.318 e. The van der Waals surface area contributed by atoms with E-state index in [4.69, 9.17) is 18.9 Å². The lowest BCUT2D eigenvalue weighted by molar-refractivity contribution is -0.00881. The Balaban J connectivity index is 1.55. The molecule has 0 saturated carbocycles. The van der Waals surface area contributed by atoms with Gasteiger partial charge in [0.1, 0.15) is 6.10 Å². The molecule has 0 aromatic rings. The lowest BCUT2D eigenvalue weighted by Gasteiger charge is -2.38. The normalized spacial score (nSPS) is 32.9. The number of hydrogen-bond donors (Lipinski definition) is 1. The van der Waals surface area contributed by atoms with Gasteiger partial charge in [-0.25, -0.2) is 4.79 Å². The summed E-state index contributed by atoms with van der Waals surface area (Å²) in [5, 5.41) is 3.07. The Morgan fingerprint density at radius 1 is 1.13 bits per heavy atom. The molecule has 7 nitrogen and oxygen atoms in total. The maximum absolute atomic E-state index is 12.7. The highest BCUT2D eigenvalue weighted by Crippen LogP contribution is 2.24. The van der Waals surface area contributed by atoms with E-state index in [1.807, 2.05) is 4.90 Å². The molecule has 0 aliphatic carbocycles. The molecule has 3 rings (SSSR count). The van der Waals surface area contributed by atoms with Gasteiger partial charge in [0.15, 0.2) is 0 Å². The van der Waals surface area contributed by atoms with Gasteiger partial charge in [0, 0.05) is 26.9 Å². The van der Waals surface area contributed by atoms with Crippen LogP contribution in [0.25, 0.3) is 0 Å². The molecular weight excluding hydrogens is 300 g/mol. The quantitative estimate of drug-likeness (QED) is 0.820. The third kappa shape index (κ3) is 4.35. The van der Waals surface area contributed by atoms with E-state index in [1.165, 1.54) is 0 Å². The molecule has 3 aliphatic heterocycles. The number of rotatable bonds is 4. The Hall–Kier alpha value is -0.890. The number of methoxy groups -OCH3 is 1. The fraction of sp³-hybridized carbons (Fsp3) is 0.938. The third-order valence-corrected chi connectivity index (χ3v) is 5.07. The number of amides is 2. The van der Waals surface area contributed by atoms with Gasteiger partial charge in [-0.05, 0) is 25.2 Å². The van der Waals surface area contributed by atoms with Crippen LogP contribution in [0.1, 0.15) is 19.3 Å². The minimum atomic E-state index is -0.0703. The summed E-state index contributed by atoms with van der Waals surface area (Å²) in [4.78, 5) is 14.6. The van der Waals surface area contributed by atoms with Crippen molar-refractivity contribution < 1.29 is 23.7 Å². The number of hydrogen-bond acceptors (Lipinski definition) is 5. The van der Waals surface area contributed by atoms with Crippen LogP contribution in [0.15, 0.2) is 0 Å². The van der Waals surface area contributed by atoms with Crippen LogP contribution in [0.4, 0.5) is 4.79 Å². The van der Waals surface area contributed by atoms with Crippen molar-refractivity contribution in [2.75, 3.05) is 53.3 Å². The lowest BCUT2D eigenvalue weighted by atomic mass is 9.92. The zero-order valence-electron chi connectivity index (χ0n) is 13.9. The fourth-order valence-corrected chi connectivity index (χ4v) is 3.63. The molecule has 0 radical (unpaired) electrons. The van der Waals surface area contributed by atoms with E-state index >= 15 is 0 Å². The monoisotopic (exact) mass is 328 g/mol. The lowest BCUT2D eigenvalue weighted by Crippen LogP contribution is -2.56. The SMILES string of the molecule is CO[C@@H]1COC[C@@H]1NC(=O)N1CCOCC1CC1CCOCC1. The zero-order valence-corrected chi connectivity index (χ0v) is 13.9. The maximum Gasteiger partial charge on any atom is 0.318 e. The van der Waals surface area contributed by atoms with Crippen molar-refractivity contribution in [3.8, 4) is 0 Å². The summed E-state index contributed by atoms with van der Waals surface area (Å²) in [5.41, 5.74) is 0. The zero-order chi connectivity index (χ0) is 16.1. The Labute approximate surface area is 137 Å². The van der Waals surface area contributed by atoms with Crippen molar-refractivity contribution in [1.82, 2.24) is 10.2 Å². The average Bonchev–Trinajstić information content (AvgIpc) is 3.03. The molecule has 2 amide bonds. The second-order valence-corrected chi connectivity index (χ2v) is 6.58. The third-order valence-electron chi connectivity index (χ3n) is 5.07. The van der Waals surface area contributed by atoms with Crippen molar-refractivity contribution in [3.63, 3.8) is 0 Å². The second-order valence-electron chi connectivity index (χ2n) is 6.58. The Morgan fingerprint density at radius 3 is 2.74 bits per heavy atom. The minimum absolute atomic E-state index is 0.0251. The number of ether oxygens (including phenoxy) is 4. The first kappa shape index (κ1) is 17.0. The van der Waals surface area contributed by atoms with E-state index < -0.39 is 0 Å². The van der Waals surface area contributed by atoms with Crippen molar-refractivity contribution in [3.05, 3.63) is 0 Å². The molecule has 23 heavy (non-hydrogen) atoms. The van der Waals surface area contributed by atoms with Crippen LogP contribution in [-0.2, 0) is 18.9 Å². The van der Waals surface area contributed by atoms with Gasteiger partial charge in [-0.1, -0.05) is 0 Å². The van der Waals surface area contributed by atoms with Gasteiger partial charge in [-0.2, -0.15) is 0 Å². The van der Waals surface area contributed by atoms with Crippen LogP contribution in [-0.4, -0.2) is 82.4 Å². The first-order valence-electron chi connectivity index (χ1n) is 8.61. The summed E-state index contributed by atoms with van der Waals surface area (Å²) in [6.07, 6.45) is 3.09. The van der Waals surface area contributed by atoms with E-state index in [9.17, 15) is 4.79 Å². The summed E-state index contributed by atoms with van der Waals surface area (Å²) >= 11 is 0. The molecule has 3 fully saturated rings. The molecular formula is C16H28N2O5. The van der Waals surface area contributed by atoms with Gasteiger partial charge in [-0.15, -0.1) is 0 Å². The molecule has 3 aliphatic rings. The van der Waals surface area contributed by atoms with Crippen LogP contribution >= 0.6 is 0 Å². The average molecular weight is 328 g/mol. The highest BCUT2D eigenvalue weighted by Gasteiger charge is 2.34. The van der Waals surface area contributed by atoms with Gasteiger partial charge >= 0.3 is 6.03 Å². The van der Waals surface area contributed by atoms with Crippen LogP contribution in [0, 0.1) is 5.92 Å². The number of morpholine rings is 1. The second kappa shape index (κ2) is 8.28. The largest absolute Gasteiger partial charge is 0.381 e. The van der Waals surface area contributed by atoms with Gasteiger partial charge < -0.3 is 29.2 Å². The van der Waals surface area contributed by atoms with Gasteiger partial charge in [0.25, 0.3) is 0 Å². The van der Waals surface area contributed by atoms with Crippen LogP contribution < -0.4 is 5.32 Å². The summed E-state index contributed by atoms with van der Waals surface area (Å²) in [6.45, 7) is 4.59. The Kier molecular flexibility index (Phi) is 6.10. The molecule has 3 saturated heterocycles. The topological polar surface area (TPSA) is 69.3 Å². The molecule has 1 N–H and O–H groups in total. The molecule has 7 heteroatoms. The molecule has 132 valence electrons. The molecule has 0 spiro atoms. The number of nitrogens with zero attached hydrogens (tertiary/aromatic N) is 1. The first-order valence-corrected chi connectivity index (χ1v) is 8.61. The molecule has 0 aromatic carbocycles. The fourth-order valence-electron chi connectivity index (χ4n) is 3.63. The number of urea groups is 1. The predicted octanol–water partition coefficient (Wildman–Crippen LogP) is 0.627. The molecule has 0 aromatic heterocycles. The summed E-state index contributed by atoms with van der Waals surface area (Å²) in [6, 6.07) is 0.0529. The standard InChI is InChI=1S/C16H28N2O5/c1-20-15-11-23-10-14(15)17-16(19)18-4-7-22-9-13(18)8-12-2-5-21-6-3-12/h12-15H,2-11H2,1H3,(H,17,19)/t13?,14-,15+/m0/s1. The summed E-state index contributed by atoms with van der Waals surface area (Å²) < 4.78 is 21.8. The first-order chi connectivity index (χ1) is 11.3. The molecule has 3 atom stereocenters. The number of carbonyl (C=O) groups excluding carboxylic acids is 1. The Bertz CT molecular complexity index is 389. The minimum Gasteiger partial charge on any atom is -0.381 e. The van der Waals surface area contributed by atoms with Crippen LogP contribution in [0.5, 0.6) is 0 Å². The van der Waals surface area contributed by atoms with Gasteiger partial charge in [-0.3, -0.25) is 0 Å². The van der Waals surface area contributed by atoms with E-state index in [0.717, 1.165) is 32.5 Å². The van der Waals surface area contributed by atoms with Gasteiger partial charge in [0.2, 0.25) is 0 Å². The number of nitrogens with one attached hydrogen (secondary N) is 1. The van der Waals surface area contributed by atoms with Crippen LogP contribution in [0.2, 0.25) is 0 Å². The summed E-state index contributed by atoms with van der Waals surface area (Å²) in [5.74, 6) is 0.618. The number of carbonyl (C=O) groups is 1. The van der Waals surface area contributed by atoms with Gasteiger partial charge in [0.05, 0.1) is 38.5 Å². The van der Waals surface area contributed by atoms with Crippen molar-refractivity contribution in [2.45, 2.75) is 37.5 Å². The van der Waals surface area contributed by atoms with E-state index in [2.05, 4.69) is 5.32 Å². The highest BCUT2D eigenvalue weighted by molar-refractivity contribution is 5.75. The highest BCUT2D eigenvalue weighted by atomic mass is 16.5. The summed E-state index contributed by atoms with van der Waals surface area (Å²) in [7, 11) is 1.65. The Morgan fingerprint density at radius 2 is 1.96 bits per heavy atom. The molecule has 0 bridgehead atoms. The van der Waals surface area contributed by atoms with E-state index in [1.54, 1.807) is 7.11 Å². The van der Waals surface area contributed by atoms with Crippen molar-refractivity contribution in [1.29, 1.82) is 0 Å². The maximum atomic E-state index is 12.7. The van der Waals surface area contributed by atoms with Crippen LogP contribution in [0.3, 0.4) is 0 Å². The van der Waals surface area contributed by atoms with Crippen molar-refractivity contribution >= 4 is 6.03 Å².